The molecule has 6 rings (SSSR count). The number of carbonyl (C=O) groups excluding carboxylic acids is 2. The van der Waals surface area contributed by atoms with Crippen molar-refractivity contribution in [1.29, 1.82) is 10.5 Å². The summed E-state index contributed by atoms with van der Waals surface area (Å²) in [5.41, 5.74) is 1.52. The van der Waals surface area contributed by atoms with Gasteiger partial charge in [0.25, 0.3) is 11.4 Å². The molecule has 0 spiro atoms. The first-order chi connectivity index (χ1) is 21.1. The van der Waals surface area contributed by atoms with Crippen LogP contribution in [0.4, 0.5) is 0 Å². The highest BCUT2D eigenvalue weighted by molar-refractivity contribution is 7.12. The van der Waals surface area contributed by atoms with E-state index >= 15 is 0 Å². The molecule has 0 fully saturated rings. The van der Waals surface area contributed by atoms with Gasteiger partial charge in [-0.05, 0) is 59.7 Å². The lowest BCUT2D eigenvalue weighted by atomic mass is 10.0. The molecule has 44 heavy (non-hydrogen) atoms. The van der Waals surface area contributed by atoms with Crippen LogP contribution in [0.15, 0.2) is 59.9 Å². The fourth-order valence-electron chi connectivity index (χ4n) is 5.09. The Morgan fingerprint density at radius 2 is 0.909 bits per heavy atom. The molecule has 208 valence electrons. The number of ketones is 2. The van der Waals surface area contributed by atoms with Crippen molar-refractivity contribution >= 4 is 103 Å². The highest BCUT2D eigenvalue weighted by Crippen LogP contribution is 2.44. The van der Waals surface area contributed by atoms with Gasteiger partial charge < -0.3 is 0 Å². The van der Waals surface area contributed by atoms with Crippen LogP contribution in [0, 0.1) is 44.9 Å². The molecule has 0 saturated heterocycles. The molecule has 2 aliphatic carbocycles. The number of fused-ring (bicyclic) bond motifs is 2. The Morgan fingerprint density at radius 3 is 1.23 bits per heavy atom. The Bertz CT molecular complexity index is 2320. The Kier molecular flexibility index (Phi) is 7.54. The summed E-state index contributed by atoms with van der Waals surface area (Å²) < 4.78 is 2.54. The van der Waals surface area contributed by atoms with E-state index in [0.29, 0.717) is 20.2 Å². The summed E-state index contributed by atoms with van der Waals surface area (Å²) in [6, 6.07) is 16.7. The van der Waals surface area contributed by atoms with Gasteiger partial charge in [0.2, 0.25) is 0 Å². The fraction of sp³-hybridized carbons (Fsp3) is 0. The van der Waals surface area contributed by atoms with Crippen LogP contribution < -0.4 is 9.06 Å². The topological polar surface area (TPSA) is 90.4 Å². The molecule has 0 radical (unpaired) electrons. The number of carbonyl (C=O) groups is 2. The molecule has 2 heterocycles. The first-order valence-corrected chi connectivity index (χ1v) is 15.3. The van der Waals surface area contributed by atoms with E-state index in [0.717, 1.165) is 9.06 Å². The van der Waals surface area contributed by atoms with Gasteiger partial charge in [0, 0.05) is 51.5 Å². The number of thiophene rings is 2. The van der Waals surface area contributed by atoms with Gasteiger partial charge in [-0.3, -0.25) is 9.59 Å². The molecule has 6 nitrogen and oxygen atoms in total. The van der Waals surface area contributed by atoms with Gasteiger partial charge in [-0.25, -0.2) is 20.2 Å². The van der Waals surface area contributed by atoms with Gasteiger partial charge in [-0.15, -0.1) is 22.7 Å². The zero-order valence-electron chi connectivity index (χ0n) is 21.6. The number of Topliss-reactive ketones (excluding diaryl/α,β-unsaturated/α-hetero) is 2. The van der Waals surface area contributed by atoms with Crippen LogP contribution in [0.5, 0.6) is 0 Å². The molecule has 2 aromatic heterocycles. The minimum atomic E-state index is -0.384. The summed E-state index contributed by atoms with van der Waals surface area (Å²) in [5, 5.41) is 20.1. The second-order valence-electron chi connectivity index (χ2n) is 9.25. The van der Waals surface area contributed by atoms with E-state index in [-0.39, 0.29) is 76.5 Å². The van der Waals surface area contributed by atoms with Gasteiger partial charge in [0.1, 0.15) is 0 Å². The van der Waals surface area contributed by atoms with E-state index in [1.807, 2.05) is 12.1 Å². The van der Waals surface area contributed by atoms with Crippen molar-refractivity contribution in [2.24, 2.45) is 0 Å². The molecule has 0 N–H and O–H groups in total. The third kappa shape index (κ3) is 4.49. The number of nitriles is 2. The van der Waals surface area contributed by atoms with Crippen LogP contribution in [0.25, 0.3) is 32.0 Å². The summed E-state index contributed by atoms with van der Waals surface area (Å²) in [7, 11) is 0. The summed E-state index contributed by atoms with van der Waals surface area (Å²) in [6.45, 7) is 15.1. The van der Waals surface area contributed by atoms with Gasteiger partial charge in [0.15, 0.2) is 11.6 Å². The SMILES string of the molecule is [C-]#[N+]/C(C#N)=C1\C(=c2\cc/c(=c3/cc/c(=C4\C(=O)c5cc(Cl)c(Cl)cc5\C4=C(\C#N)[N+]#[C-])s3)s2)C(=O)c2cc(Cl)c(Cl)cc21. The number of hydrogen-bond acceptors (Lipinski definition) is 6. The summed E-state index contributed by atoms with van der Waals surface area (Å²) >= 11 is 27.4. The largest absolute Gasteiger partial charge is 0.289 e. The minimum absolute atomic E-state index is 0.176. The number of rotatable bonds is 0. The molecule has 0 atom stereocenters. The number of halogens is 4. The molecule has 2 aromatic carbocycles. The molecule has 0 bridgehead atoms. The van der Waals surface area contributed by atoms with Crippen molar-refractivity contribution in [1.82, 2.24) is 0 Å². The van der Waals surface area contributed by atoms with Crippen LogP contribution in [0.3, 0.4) is 0 Å². The van der Waals surface area contributed by atoms with Crippen molar-refractivity contribution in [3.05, 3.63) is 143 Å². The Labute approximate surface area is 276 Å². The zero-order valence-corrected chi connectivity index (χ0v) is 26.2. The monoisotopic (exact) mass is 684 g/mol. The molecule has 0 unspecified atom stereocenters. The van der Waals surface area contributed by atoms with Gasteiger partial charge >= 0.3 is 0 Å². The van der Waals surface area contributed by atoms with Gasteiger partial charge in [-0.2, -0.15) is 0 Å². The molecule has 0 aliphatic heterocycles. The van der Waals surface area contributed by atoms with Crippen LogP contribution in [0.2, 0.25) is 20.1 Å². The lowest BCUT2D eigenvalue weighted by Gasteiger charge is -2.03. The molecule has 0 saturated carbocycles. The maximum absolute atomic E-state index is 13.6. The normalized spacial score (nSPS) is 19.0. The summed E-state index contributed by atoms with van der Waals surface area (Å²) in [6.07, 6.45) is 0. The van der Waals surface area contributed by atoms with Crippen LogP contribution in [-0.2, 0) is 0 Å². The Morgan fingerprint density at radius 1 is 0.591 bits per heavy atom. The maximum Gasteiger partial charge on any atom is 0.270 e. The number of allylic oxidation sites excluding steroid dienone is 4. The predicted molar refractivity (Wildman–Crippen MR) is 172 cm³/mol. The molecule has 4 aromatic rings. The van der Waals surface area contributed by atoms with Crippen molar-refractivity contribution in [3.63, 3.8) is 0 Å². The third-order valence-electron chi connectivity index (χ3n) is 6.96. The van der Waals surface area contributed by atoms with E-state index in [2.05, 4.69) is 9.69 Å². The first-order valence-electron chi connectivity index (χ1n) is 12.2. The van der Waals surface area contributed by atoms with E-state index in [9.17, 15) is 20.1 Å². The molecular weight excluding hydrogens is 678 g/mol. The van der Waals surface area contributed by atoms with Crippen LogP contribution >= 0.6 is 69.1 Å². The van der Waals surface area contributed by atoms with Crippen LogP contribution in [-0.4, -0.2) is 11.6 Å². The molecule has 2 aliphatic rings. The summed E-state index contributed by atoms with van der Waals surface area (Å²) in [5.74, 6) is -0.768. The smallest absolute Gasteiger partial charge is 0.270 e. The number of nitrogens with zero attached hydrogens (tertiary/aromatic N) is 4. The van der Waals surface area contributed by atoms with Crippen molar-refractivity contribution in [2.75, 3.05) is 0 Å². The highest BCUT2D eigenvalue weighted by Gasteiger charge is 2.35. The Hall–Kier alpha value is -4.48. The predicted octanol–water partition coefficient (Wildman–Crippen LogP) is 8.11. The average molecular weight is 686 g/mol. The molecule has 12 heteroatoms. The Balaban J connectivity index is 1.64. The van der Waals surface area contributed by atoms with Gasteiger partial charge in [0.05, 0.1) is 45.4 Å². The standard InChI is InChI=1S/C32H8Cl4N4O2S2/c1-39-21(11-37)27-13-7-17(33)19(35)9-15(13)31(41)29(27)25-5-3-23(43-25)24-4-6-26(44-24)30-28(22(12-38)40-2)14-8-18(34)20(36)10-16(14)32(30)42/h3-10H/b24-23+,27-21-,28-22+,29-25+,30-26+. The quantitative estimate of drug-likeness (QED) is 0.138. The fourth-order valence-corrected chi connectivity index (χ4v) is 7.95. The average Bonchev–Trinajstić information content (AvgIpc) is 3.78. The lowest BCUT2D eigenvalue weighted by Crippen LogP contribution is -2.06. The number of benzene rings is 2. The maximum atomic E-state index is 13.6. The van der Waals surface area contributed by atoms with Gasteiger partial charge in [-0.1, -0.05) is 46.4 Å². The zero-order chi connectivity index (χ0) is 31.4. The van der Waals surface area contributed by atoms with E-state index < -0.39 is 0 Å². The first kappa shape index (κ1) is 29.6. The summed E-state index contributed by atoms with van der Waals surface area (Å²) in [4.78, 5) is 33.9. The minimum Gasteiger partial charge on any atom is -0.289 e. The highest BCUT2D eigenvalue weighted by atomic mass is 35.5. The molecular formula is C32H8Cl4N4O2S2. The third-order valence-corrected chi connectivity index (χ3v) is 10.8. The number of hydrogen-bond donors (Lipinski definition) is 0. The van der Waals surface area contributed by atoms with Crippen molar-refractivity contribution in [3.8, 4) is 12.1 Å². The molecule has 0 amide bonds. The van der Waals surface area contributed by atoms with Crippen LogP contribution in [0.1, 0.15) is 31.8 Å². The second kappa shape index (κ2) is 11.2. The van der Waals surface area contributed by atoms with Crippen molar-refractivity contribution < 1.29 is 9.59 Å². The van der Waals surface area contributed by atoms with E-state index in [1.165, 1.54) is 46.9 Å². The lowest BCUT2D eigenvalue weighted by molar-refractivity contribution is 0.105. The van der Waals surface area contributed by atoms with E-state index in [4.69, 9.17) is 59.5 Å². The van der Waals surface area contributed by atoms with E-state index in [1.54, 1.807) is 24.3 Å². The second-order valence-corrected chi connectivity index (χ2v) is 13.1. The van der Waals surface area contributed by atoms with Crippen molar-refractivity contribution in [2.45, 2.75) is 0 Å².